The Morgan fingerprint density at radius 3 is 2.36 bits per heavy atom. The fourth-order valence-corrected chi connectivity index (χ4v) is 3.02. The van der Waals surface area contributed by atoms with E-state index in [0.29, 0.717) is 12.4 Å². The van der Waals surface area contributed by atoms with E-state index in [0.717, 1.165) is 24.7 Å². The maximum Gasteiger partial charge on any atom is 0.494 e. The number of carbonyl (C=O) groups excluding carboxylic acids is 1. The molecule has 0 atom stereocenters. The highest BCUT2D eigenvalue weighted by molar-refractivity contribution is 6.61. The fourth-order valence-electron chi connectivity index (χ4n) is 3.02. The lowest BCUT2D eigenvalue weighted by Gasteiger charge is -2.42. The monoisotopic (exact) mass is 390 g/mol. The van der Waals surface area contributed by atoms with Crippen molar-refractivity contribution >= 4 is 18.6 Å². The van der Waals surface area contributed by atoms with Gasteiger partial charge < -0.3 is 18.8 Å². The first-order valence-electron chi connectivity index (χ1n) is 10.1. The lowest BCUT2D eigenvalue weighted by atomic mass is 9.70. The third kappa shape index (κ3) is 6.52. The smallest absolute Gasteiger partial charge is 0.482 e. The summed E-state index contributed by atoms with van der Waals surface area (Å²) in [5, 5.41) is 0. The molecule has 5 nitrogen and oxygen atoms in total. The van der Waals surface area contributed by atoms with Crippen molar-refractivity contribution in [2.45, 2.75) is 78.9 Å². The SMILES string of the molecule is CC(C)(C)OC(=O)COc1ccc(B2OCCCCC(C)(C)C(C)(C)O2)cc1. The Morgan fingerprint density at radius 1 is 1.11 bits per heavy atom. The maximum atomic E-state index is 11.8. The van der Waals surface area contributed by atoms with E-state index in [1.165, 1.54) is 0 Å². The van der Waals surface area contributed by atoms with Crippen LogP contribution < -0.4 is 10.2 Å². The highest BCUT2D eigenvalue weighted by Crippen LogP contribution is 2.39. The summed E-state index contributed by atoms with van der Waals surface area (Å²) in [4.78, 5) is 11.8. The number of rotatable bonds is 4. The molecular formula is C22H35BO5. The topological polar surface area (TPSA) is 54.0 Å². The van der Waals surface area contributed by atoms with E-state index in [4.69, 9.17) is 18.8 Å². The molecule has 0 aromatic heterocycles. The van der Waals surface area contributed by atoms with Gasteiger partial charge in [0.1, 0.15) is 11.4 Å². The van der Waals surface area contributed by atoms with E-state index < -0.39 is 12.7 Å². The molecule has 1 heterocycles. The lowest BCUT2D eigenvalue weighted by Crippen LogP contribution is -2.50. The minimum absolute atomic E-state index is 0.0510. The molecule has 156 valence electrons. The van der Waals surface area contributed by atoms with Gasteiger partial charge in [-0.05, 0) is 70.5 Å². The van der Waals surface area contributed by atoms with Crippen molar-refractivity contribution in [3.8, 4) is 5.75 Å². The van der Waals surface area contributed by atoms with Crippen molar-refractivity contribution in [3.63, 3.8) is 0 Å². The second-order valence-corrected chi connectivity index (χ2v) is 9.62. The van der Waals surface area contributed by atoms with Crippen LogP contribution in [0, 0.1) is 5.41 Å². The van der Waals surface area contributed by atoms with Gasteiger partial charge in [-0.25, -0.2) is 4.79 Å². The van der Waals surface area contributed by atoms with Crippen LogP contribution in [-0.2, 0) is 18.8 Å². The quantitative estimate of drug-likeness (QED) is 0.572. The number of esters is 1. The summed E-state index contributed by atoms with van der Waals surface area (Å²) in [6.07, 6.45) is 3.26. The van der Waals surface area contributed by atoms with Gasteiger partial charge in [-0.3, -0.25) is 0 Å². The first-order chi connectivity index (χ1) is 12.9. The highest BCUT2D eigenvalue weighted by Gasteiger charge is 2.42. The zero-order chi connectivity index (χ0) is 21.0. The van der Waals surface area contributed by atoms with Crippen LogP contribution in [0.25, 0.3) is 0 Å². The largest absolute Gasteiger partial charge is 0.494 e. The van der Waals surface area contributed by atoms with E-state index in [9.17, 15) is 4.79 Å². The van der Waals surface area contributed by atoms with Crippen molar-refractivity contribution in [2.75, 3.05) is 13.2 Å². The Morgan fingerprint density at radius 2 is 1.75 bits per heavy atom. The summed E-state index contributed by atoms with van der Waals surface area (Å²) in [5.74, 6) is 0.223. The van der Waals surface area contributed by atoms with Crippen LogP contribution in [0.15, 0.2) is 24.3 Å². The van der Waals surface area contributed by atoms with E-state index in [1.54, 1.807) is 0 Å². The number of ether oxygens (including phenoxy) is 2. The Kier molecular flexibility index (Phi) is 7.21. The van der Waals surface area contributed by atoms with Crippen LogP contribution in [0.5, 0.6) is 5.75 Å². The second kappa shape index (κ2) is 8.87. The van der Waals surface area contributed by atoms with Crippen molar-refractivity contribution in [1.82, 2.24) is 0 Å². The molecule has 0 bridgehead atoms. The van der Waals surface area contributed by atoms with Crippen molar-refractivity contribution < 1.29 is 23.6 Å². The van der Waals surface area contributed by atoms with Gasteiger partial charge >= 0.3 is 13.1 Å². The molecule has 1 saturated heterocycles. The van der Waals surface area contributed by atoms with Crippen molar-refractivity contribution in [3.05, 3.63) is 24.3 Å². The molecule has 1 aliphatic heterocycles. The van der Waals surface area contributed by atoms with Crippen LogP contribution in [0.4, 0.5) is 0 Å². The molecule has 0 N–H and O–H groups in total. The Labute approximate surface area is 170 Å². The summed E-state index contributed by atoms with van der Waals surface area (Å²) in [6.45, 7) is 14.8. The minimum Gasteiger partial charge on any atom is -0.482 e. The minimum atomic E-state index is -0.517. The zero-order valence-corrected chi connectivity index (χ0v) is 18.5. The molecule has 6 heteroatoms. The first-order valence-corrected chi connectivity index (χ1v) is 10.1. The Balaban J connectivity index is 2.03. The van der Waals surface area contributed by atoms with Gasteiger partial charge in [0, 0.05) is 6.61 Å². The zero-order valence-electron chi connectivity index (χ0n) is 18.5. The van der Waals surface area contributed by atoms with Gasteiger partial charge in [0.15, 0.2) is 6.61 Å². The first kappa shape index (κ1) is 22.8. The number of carbonyl (C=O) groups is 1. The number of hydrogen-bond donors (Lipinski definition) is 0. The lowest BCUT2D eigenvalue weighted by molar-refractivity contribution is -0.157. The fraction of sp³-hybridized carbons (Fsp3) is 0.682. The summed E-state index contributed by atoms with van der Waals surface area (Å²) >= 11 is 0. The molecule has 1 aromatic rings. The summed E-state index contributed by atoms with van der Waals surface area (Å²) in [6, 6.07) is 7.51. The van der Waals surface area contributed by atoms with E-state index in [2.05, 4.69) is 27.7 Å². The molecule has 0 aliphatic carbocycles. The molecular weight excluding hydrogens is 355 g/mol. The third-order valence-electron chi connectivity index (χ3n) is 5.43. The normalized spacial score (nSPS) is 19.9. The average molecular weight is 390 g/mol. The van der Waals surface area contributed by atoms with Crippen molar-refractivity contribution in [2.24, 2.45) is 5.41 Å². The molecule has 0 amide bonds. The standard InChI is InChI=1S/C22H35BO5/c1-20(2,3)27-19(24)16-25-18-12-10-17(11-13-18)23-26-15-9-8-14-21(4,5)22(6,7)28-23/h10-13H,8-9,14-16H2,1-7H3. The van der Waals surface area contributed by atoms with Gasteiger partial charge in [-0.15, -0.1) is 0 Å². The van der Waals surface area contributed by atoms with Crippen LogP contribution >= 0.6 is 0 Å². The molecule has 1 aliphatic rings. The van der Waals surface area contributed by atoms with Gasteiger partial charge in [-0.2, -0.15) is 0 Å². The van der Waals surface area contributed by atoms with Crippen LogP contribution in [0.1, 0.15) is 67.7 Å². The molecule has 0 unspecified atom stereocenters. The summed E-state index contributed by atoms with van der Waals surface area (Å²) in [5.41, 5.74) is 0.148. The van der Waals surface area contributed by atoms with Crippen molar-refractivity contribution in [1.29, 1.82) is 0 Å². The van der Waals surface area contributed by atoms with Gasteiger partial charge in [0.2, 0.25) is 0 Å². The Bertz CT molecular complexity index is 646. The van der Waals surface area contributed by atoms with E-state index in [-0.39, 0.29) is 23.6 Å². The maximum absolute atomic E-state index is 11.8. The number of benzene rings is 1. The summed E-state index contributed by atoms with van der Waals surface area (Å²) in [7, 11) is -0.424. The van der Waals surface area contributed by atoms with E-state index >= 15 is 0 Å². The summed E-state index contributed by atoms with van der Waals surface area (Å²) < 4.78 is 23.2. The predicted molar refractivity (Wildman–Crippen MR) is 112 cm³/mol. The molecule has 0 spiro atoms. The highest BCUT2D eigenvalue weighted by atomic mass is 16.6. The van der Waals surface area contributed by atoms with Crippen LogP contribution in [-0.4, -0.2) is 37.5 Å². The number of hydrogen-bond acceptors (Lipinski definition) is 5. The molecule has 2 rings (SSSR count). The second-order valence-electron chi connectivity index (χ2n) is 9.62. The molecule has 0 saturated carbocycles. The molecule has 28 heavy (non-hydrogen) atoms. The third-order valence-corrected chi connectivity index (χ3v) is 5.43. The van der Waals surface area contributed by atoms with Crippen LogP contribution in [0.3, 0.4) is 0 Å². The average Bonchev–Trinajstić information content (AvgIpc) is 2.61. The van der Waals surface area contributed by atoms with Gasteiger partial charge in [0.05, 0.1) is 5.60 Å². The molecule has 1 aromatic carbocycles. The molecule has 0 radical (unpaired) electrons. The van der Waals surface area contributed by atoms with Gasteiger partial charge in [0.25, 0.3) is 0 Å². The van der Waals surface area contributed by atoms with E-state index in [1.807, 2.05) is 45.0 Å². The van der Waals surface area contributed by atoms with Crippen LogP contribution in [0.2, 0.25) is 0 Å². The Hall–Kier alpha value is -1.53. The predicted octanol–water partition coefficient (Wildman–Crippen LogP) is 4.12. The van der Waals surface area contributed by atoms with Gasteiger partial charge in [-0.1, -0.05) is 32.4 Å². The molecule has 1 fully saturated rings.